The van der Waals surface area contributed by atoms with E-state index in [4.69, 9.17) is 4.55 Å². The minimum atomic E-state index is -5.23. The van der Waals surface area contributed by atoms with Crippen LogP contribution in [0.25, 0.3) is 0 Å². The number of hydrazine groups is 1. The molecule has 2 aliphatic heterocycles. The predicted molar refractivity (Wildman–Crippen MR) is 85.8 cm³/mol. The van der Waals surface area contributed by atoms with Crippen LogP contribution >= 0.6 is 0 Å². The van der Waals surface area contributed by atoms with Gasteiger partial charge < -0.3 is 4.90 Å². The zero-order chi connectivity index (χ0) is 20.7. The molecule has 0 spiro atoms. The van der Waals surface area contributed by atoms with Crippen molar-refractivity contribution in [1.82, 2.24) is 20.8 Å². The molecule has 1 aromatic rings. The van der Waals surface area contributed by atoms with Crippen LogP contribution in [0.2, 0.25) is 0 Å². The number of piperidine rings is 1. The first-order chi connectivity index (χ1) is 13.0. The van der Waals surface area contributed by atoms with Gasteiger partial charge in [-0.15, -0.1) is 4.28 Å². The molecule has 2 bridgehead atoms. The van der Waals surface area contributed by atoms with E-state index in [1.54, 1.807) is 18.2 Å². The fourth-order valence-electron chi connectivity index (χ4n) is 2.95. The van der Waals surface area contributed by atoms with Gasteiger partial charge in [-0.25, -0.2) is 13.6 Å². The third-order valence-electron chi connectivity index (χ3n) is 4.23. The second-order valence-corrected chi connectivity index (χ2v) is 7.07. The zero-order valence-corrected chi connectivity index (χ0v) is 14.7. The molecule has 11 nitrogen and oxygen atoms in total. The fourth-order valence-corrected chi connectivity index (χ4v) is 3.32. The number of hydroxylamine groups is 2. The SMILES string of the molecule is O=C(NNC(=O)[C@@H]1CC(F)(F)[C@@H]2CN1C(=O)N2OS(=O)(=O)O)c1ccccc1. The number of rotatable bonds is 4. The molecule has 0 radical (unpaired) electrons. The molecule has 0 saturated carbocycles. The fraction of sp³-hybridized carbons (Fsp3) is 0.357. The predicted octanol–water partition coefficient (Wildman–Crippen LogP) is -0.304. The van der Waals surface area contributed by atoms with Gasteiger partial charge in [0.05, 0.1) is 6.54 Å². The van der Waals surface area contributed by atoms with Crippen molar-refractivity contribution in [2.75, 3.05) is 6.54 Å². The van der Waals surface area contributed by atoms with Crippen molar-refractivity contribution < 1.29 is 40.4 Å². The Morgan fingerprint density at radius 2 is 1.86 bits per heavy atom. The normalized spacial score (nSPS) is 23.5. The number of carbonyl (C=O) groups is 3. The number of alkyl halides is 2. The van der Waals surface area contributed by atoms with Crippen LogP contribution in [0.15, 0.2) is 30.3 Å². The van der Waals surface area contributed by atoms with Crippen molar-refractivity contribution in [2.24, 2.45) is 0 Å². The van der Waals surface area contributed by atoms with Crippen LogP contribution in [0.4, 0.5) is 13.6 Å². The molecular weight excluding hydrogens is 406 g/mol. The summed E-state index contributed by atoms with van der Waals surface area (Å²) in [6.45, 7) is -0.716. The number of benzene rings is 1. The van der Waals surface area contributed by atoms with Gasteiger partial charge in [-0.1, -0.05) is 18.2 Å². The second kappa shape index (κ2) is 6.96. The molecule has 28 heavy (non-hydrogen) atoms. The van der Waals surface area contributed by atoms with Crippen molar-refractivity contribution >= 4 is 28.2 Å². The quantitative estimate of drug-likeness (QED) is 0.448. The number of halogens is 2. The molecule has 3 rings (SSSR count). The minimum Gasteiger partial charge on any atom is -0.308 e. The van der Waals surface area contributed by atoms with E-state index >= 15 is 0 Å². The van der Waals surface area contributed by atoms with Crippen LogP contribution in [0.3, 0.4) is 0 Å². The summed E-state index contributed by atoms with van der Waals surface area (Å²) in [5.74, 6) is -5.51. The molecule has 1 aromatic carbocycles. The number of hydrogen-bond acceptors (Lipinski definition) is 6. The average Bonchev–Trinajstić information content (AvgIpc) is 2.90. The van der Waals surface area contributed by atoms with E-state index in [0.717, 1.165) is 0 Å². The first kappa shape index (κ1) is 19.9. The van der Waals surface area contributed by atoms with Gasteiger partial charge in [-0.05, 0) is 12.1 Å². The topological polar surface area (TPSA) is 145 Å². The summed E-state index contributed by atoms with van der Waals surface area (Å²) in [6.07, 6.45) is -1.14. The molecule has 2 heterocycles. The lowest BCUT2D eigenvalue weighted by Gasteiger charge is -2.34. The van der Waals surface area contributed by atoms with Gasteiger partial charge >= 0.3 is 16.4 Å². The first-order valence-corrected chi connectivity index (χ1v) is 9.16. The molecule has 0 unspecified atom stereocenters. The van der Waals surface area contributed by atoms with E-state index < -0.39 is 59.2 Å². The Bertz CT molecular complexity index is 912. The second-order valence-electron chi connectivity index (χ2n) is 6.07. The van der Waals surface area contributed by atoms with Crippen molar-refractivity contribution in [3.05, 3.63) is 35.9 Å². The number of fused-ring (bicyclic) bond motifs is 2. The summed E-state index contributed by atoms with van der Waals surface area (Å²) < 4.78 is 62.9. The van der Waals surface area contributed by atoms with Crippen LogP contribution < -0.4 is 10.9 Å². The molecule has 2 fully saturated rings. The standard InChI is InChI=1S/C14H14F2N4O7S/c15-14(16)6-9(12(22)18-17-11(21)8-4-2-1-3-5-8)19-7-10(14)20(13(19)23)27-28(24,25)26/h1-5,9-10H,6-7H2,(H,17,21)(H,18,22)(H,24,25,26)/t9-,10-/m0/s1. The largest absolute Gasteiger partial charge is 0.418 e. The highest BCUT2D eigenvalue weighted by molar-refractivity contribution is 7.80. The molecule has 3 N–H and O–H groups in total. The van der Waals surface area contributed by atoms with Gasteiger partial charge in [0, 0.05) is 12.0 Å². The van der Waals surface area contributed by atoms with E-state index in [2.05, 4.69) is 4.28 Å². The van der Waals surface area contributed by atoms with Gasteiger partial charge in [0.15, 0.2) is 0 Å². The van der Waals surface area contributed by atoms with Gasteiger partial charge in [0.25, 0.3) is 17.7 Å². The lowest BCUT2D eigenvalue weighted by Crippen LogP contribution is -2.58. The molecule has 2 saturated heterocycles. The van der Waals surface area contributed by atoms with Gasteiger partial charge in [-0.3, -0.25) is 25.0 Å². The number of nitrogens with one attached hydrogen (secondary N) is 2. The number of amides is 4. The minimum absolute atomic E-state index is 0.175. The summed E-state index contributed by atoms with van der Waals surface area (Å²) in [7, 11) is -5.23. The van der Waals surface area contributed by atoms with Crippen LogP contribution in [0.1, 0.15) is 16.8 Å². The lowest BCUT2D eigenvalue weighted by molar-refractivity contribution is -0.154. The summed E-state index contributed by atoms with van der Waals surface area (Å²) in [4.78, 5) is 37.0. The highest BCUT2D eigenvalue weighted by Gasteiger charge is 2.62. The number of carbonyl (C=O) groups excluding carboxylic acids is 3. The zero-order valence-electron chi connectivity index (χ0n) is 13.9. The monoisotopic (exact) mass is 420 g/mol. The molecule has 0 aromatic heterocycles. The number of hydrogen-bond donors (Lipinski definition) is 3. The summed E-state index contributed by atoms with van der Waals surface area (Å²) in [5, 5.41) is -0.175. The lowest BCUT2D eigenvalue weighted by atomic mass is 9.96. The molecule has 0 aliphatic carbocycles. The van der Waals surface area contributed by atoms with Crippen molar-refractivity contribution in [3.63, 3.8) is 0 Å². The molecule has 2 aliphatic rings. The Hall–Kier alpha value is -2.84. The van der Waals surface area contributed by atoms with Gasteiger partial charge in [0.1, 0.15) is 12.1 Å². The summed E-state index contributed by atoms with van der Waals surface area (Å²) >= 11 is 0. The molecule has 14 heteroatoms. The van der Waals surface area contributed by atoms with Crippen molar-refractivity contribution in [3.8, 4) is 0 Å². The smallest absolute Gasteiger partial charge is 0.308 e. The molecule has 2 atom stereocenters. The van der Waals surface area contributed by atoms with Crippen LogP contribution in [0.5, 0.6) is 0 Å². The van der Waals surface area contributed by atoms with Crippen molar-refractivity contribution in [2.45, 2.75) is 24.4 Å². The Morgan fingerprint density at radius 3 is 2.46 bits per heavy atom. The average molecular weight is 420 g/mol. The van der Waals surface area contributed by atoms with Gasteiger partial charge in [0.2, 0.25) is 0 Å². The first-order valence-electron chi connectivity index (χ1n) is 7.79. The van der Waals surface area contributed by atoms with E-state index in [1.807, 2.05) is 10.9 Å². The Balaban J connectivity index is 1.72. The highest BCUT2D eigenvalue weighted by Crippen LogP contribution is 2.40. The molecular formula is C14H14F2N4O7S. The third-order valence-corrected chi connectivity index (χ3v) is 4.58. The highest BCUT2D eigenvalue weighted by atomic mass is 32.3. The Kier molecular flexibility index (Phi) is 4.95. The summed E-state index contributed by atoms with van der Waals surface area (Å²) in [6, 6.07) is 2.67. The maximum Gasteiger partial charge on any atom is 0.418 e. The van der Waals surface area contributed by atoms with Crippen LogP contribution in [0, 0.1) is 0 Å². The summed E-state index contributed by atoms with van der Waals surface area (Å²) in [5.41, 5.74) is 4.20. The third kappa shape index (κ3) is 3.88. The van der Waals surface area contributed by atoms with E-state index in [0.29, 0.717) is 4.90 Å². The van der Waals surface area contributed by atoms with E-state index in [1.165, 1.54) is 12.1 Å². The van der Waals surface area contributed by atoms with E-state index in [9.17, 15) is 31.6 Å². The van der Waals surface area contributed by atoms with Crippen LogP contribution in [-0.4, -0.2) is 65.3 Å². The Morgan fingerprint density at radius 1 is 1.21 bits per heavy atom. The van der Waals surface area contributed by atoms with Gasteiger partial charge in [-0.2, -0.15) is 13.5 Å². The van der Waals surface area contributed by atoms with E-state index in [-0.39, 0.29) is 10.6 Å². The van der Waals surface area contributed by atoms with Crippen molar-refractivity contribution in [1.29, 1.82) is 0 Å². The van der Waals surface area contributed by atoms with Crippen LogP contribution in [-0.2, 0) is 19.5 Å². The number of nitrogens with zero attached hydrogens (tertiary/aromatic N) is 2. The molecule has 152 valence electrons. The number of urea groups is 1. The maximum absolute atomic E-state index is 14.3. The Labute approximate surface area is 157 Å². The maximum atomic E-state index is 14.3. The molecule has 4 amide bonds.